The number of hydrogen-bond acceptors (Lipinski definition) is 4. The lowest BCUT2D eigenvalue weighted by Gasteiger charge is -2.10. The number of aryl methyl sites for hydroxylation is 1. The van der Waals surface area contributed by atoms with Crippen molar-refractivity contribution in [3.05, 3.63) is 23.8 Å². The first-order valence-corrected chi connectivity index (χ1v) is 7.30. The van der Waals surface area contributed by atoms with E-state index in [4.69, 9.17) is 9.84 Å². The minimum Gasteiger partial charge on any atom is -0.494 e. The Kier molecular flexibility index (Phi) is 5.31. The molecule has 0 atom stereocenters. The van der Waals surface area contributed by atoms with Gasteiger partial charge < -0.3 is 9.84 Å². The number of benzene rings is 1. The van der Waals surface area contributed by atoms with Crippen LogP contribution in [-0.2, 0) is 14.8 Å². The number of carboxylic acids is 1. The minimum absolute atomic E-state index is 0.0961. The van der Waals surface area contributed by atoms with Crippen molar-refractivity contribution >= 4 is 16.0 Å². The molecule has 0 saturated heterocycles. The van der Waals surface area contributed by atoms with Gasteiger partial charge in [0.05, 0.1) is 17.9 Å². The van der Waals surface area contributed by atoms with E-state index in [1.54, 1.807) is 13.0 Å². The van der Waals surface area contributed by atoms with Crippen LogP contribution < -0.4 is 9.46 Å². The summed E-state index contributed by atoms with van der Waals surface area (Å²) in [6.45, 7) is 3.96. The van der Waals surface area contributed by atoms with Gasteiger partial charge in [-0.25, -0.2) is 13.1 Å². The van der Waals surface area contributed by atoms with E-state index in [1.165, 1.54) is 12.1 Å². The Morgan fingerprint density at radius 3 is 2.63 bits per heavy atom. The van der Waals surface area contributed by atoms with Crippen LogP contribution in [0.3, 0.4) is 0 Å². The van der Waals surface area contributed by atoms with Gasteiger partial charge in [-0.3, -0.25) is 4.79 Å². The van der Waals surface area contributed by atoms with Gasteiger partial charge in [-0.1, -0.05) is 0 Å². The van der Waals surface area contributed by atoms with Gasteiger partial charge >= 0.3 is 5.97 Å². The number of carboxylic acid groups (broad SMARTS) is 1. The Bertz CT molecular complexity index is 553. The normalized spacial score (nSPS) is 11.3. The number of carbonyl (C=O) groups is 1. The van der Waals surface area contributed by atoms with Crippen molar-refractivity contribution in [3.63, 3.8) is 0 Å². The second kappa shape index (κ2) is 6.53. The minimum atomic E-state index is -3.68. The van der Waals surface area contributed by atoms with Crippen LogP contribution in [0.25, 0.3) is 0 Å². The lowest BCUT2D eigenvalue weighted by atomic mass is 10.2. The van der Waals surface area contributed by atoms with E-state index >= 15 is 0 Å². The standard InChI is InChI=1S/C12H17NO5S/c1-3-18-11-5-4-10(8-9(11)2)19(16,17)13-7-6-12(14)15/h4-5,8,13H,3,6-7H2,1-2H3,(H,14,15). The van der Waals surface area contributed by atoms with Crippen molar-refractivity contribution in [2.24, 2.45) is 0 Å². The predicted molar refractivity (Wildman–Crippen MR) is 69.8 cm³/mol. The van der Waals surface area contributed by atoms with Crippen molar-refractivity contribution < 1.29 is 23.1 Å². The molecule has 6 nitrogen and oxygen atoms in total. The average Bonchev–Trinajstić information content (AvgIpc) is 2.31. The molecule has 0 aliphatic heterocycles. The smallest absolute Gasteiger partial charge is 0.304 e. The molecule has 106 valence electrons. The van der Waals surface area contributed by atoms with E-state index in [2.05, 4.69) is 4.72 Å². The third kappa shape index (κ3) is 4.53. The summed E-state index contributed by atoms with van der Waals surface area (Å²) in [5, 5.41) is 8.47. The van der Waals surface area contributed by atoms with Crippen molar-refractivity contribution in [2.45, 2.75) is 25.2 Å². The Hall–Kier alpha value is -1.60. The molecule has 1 rings (SSSR count). The summed E-state index contributed by atoms with van der Waals surface area (Å²) in [6.07, 6.45) is -0.255. The zero-order valence-corrected chi connectivity index (χ0v) is 11.7. The first kappa shape index (κ1) is 15.5. The summed E-state index contributed by atoms with van der Waals surface area (Å²) in [4.78, 5) is 10.4. The lowest BCUT2D eigenvalue weighted by Crippen LogP contribution is -2.26. The van der Waals surface area contributed by atoms with Crippen LogP contribution >= 0.6 is 0 Å². The van der Waals surface area contributed by atoms with Gasteiger partial charge in [0, 0.05) is 6.54 Å². The third-order valence-corrected chi connectivity index (χ3v) is 3.85. The summed E-state index contributed by atoms with van der Waals surface area (Å²) in [5.74, 6) is -0.419. The molecule has 1 aromatic rings. The van der Waals surface area contributed by atoms with E-state index in [-0.39, 0.29) is 17.9 Å². The van der Waals surface area contributed by atoms with Gasteiger partial charge in [-0.2, -0.15) is 0 Å². The monoisotopic (exact) mass is 287 g/mol. The highest BCUT2D eigenvalue weighted by molar-refractivity contribution is 7.89. The molecule has 0 spiro atoms. The van der Waals surface area contributed by atoms with Gasteiger partial charge in [0.2, 0.25) is 10.0 Å². The summed E-state index contributed by atoms with van der Waals surface area (Å²) >= 11 is 0. The molecule has 2 N–H and O–H groups in total. The molecule has 0 aliphatic rings. The van der Waals surface area contributed by atoms with Crippen molar-refractivity contribution in [1.82, 2.24) is 4.72 Å². The second-order valence-electron chi connectivity index (χ2n) is 3.90. The highest BCUT2D eigenvalue weighted by Gasteiger charge is 2.15. The largest absolute Gasteiger partial charge is 0.494 e. The number of ether oxygens (including phenoxy) is 1. The fourth-order valence-electron chi connectivity index (χ4n) is 1.48. The van der Waals surface area contributed by atoms with Crippen molar-refractivity contribution in [2.75, 3.05) is 13.2 Å². The molecule has 0 bridgehead atoms. The Morgan fingerprint density at radius 2 is 2.11 bits per heavy atom. The van der Waals surface area contributed by atoms with E-state index in [0.29, 0.717) is 17.9 Å². The molecule has 1 aromatic carbocycles. The molecular weight excluding hydrogens is 270 g/mol. The molecule has 0 aliphatic carbocycles. The van der Waals surface area contributed by atoms with Crippen molar-refractivity contribution in [1.29, 1.82) is 0 Å². The maximum Gasteiger partial charge on any atom is 0.304 e. The third-order valence-electron chi connectivity index (χ3n) is 2.39. The summed E-state index contributed by atoms with van der Waals surface area (Å²) in [7, 11) is -3.68. The maximum atomic E-state index is 11.9. The molecule has 0 radical (unpaired) electrons. The van der Waals surface area contributed by atoms with E-state index in [1.807, 2.05) is 6.92 Å². The Balaban J connectivity index is 2.84. The fourth-order valence-corrected chi connectivity index (χ4v) is 2.60. The van der Waals surface area contributed by atoms with Gasteiger partial charge in [0.25, 0.3) is 0 Å². The van der Waals surface area contributed by atoms with Crippen LogP contribution in [-0.4, -0.2) is 32.6 Å². The fraction of sp³-hybridized carbons (Fsp3) is 0.417. The van der Waals surface area contributed by atoms with Crippen LogP contribution in [0.4, 0.5) is 0 Å². The SMILES string of the molecule is CCOc1ccc(S(=O)(=O)NCCC(=O)O)cc1C. The average molecular weight is 287 g/mol. The number of nitrogens with one attached hydrogen (secondary N) is 1. The van der Waals surface area contributed by atoms with Crippen molar-refractivity contribution in [3.8, 4) is 5.75 Å². The second-order valence-corrected chi connectivity index (χ2v) is 5.67. The van der Waals surface area contributed by atoms with E-state index < -0.39 is 16.0 Å². The lowest BCUT2D eigenvalue weighted by molar-refractivity contribution is -0.136. The molecule has 0 heterocycles. The van der Waals surface area contributed by atoms with E-state index in [9.17, 15) is 13.2 Å². The first-order chi connectivity index (χ1) is 8.86. The van der Waals surface area contributed by atoms with Crippen LogP contribution in [0.1, 0.15) is 18.9 Å². The highest BCUT2D eigenvalue weighted by atomic mass is 32.2. The number of sulfonamides is 1. The molecule has 0 unspecified atom stereocenters. The van der Waals surface area contributed by atoms with Gasteiger partial charge in [-0.15, -0.1) is 0 Å². The molecule has 0 amide bonds. The Labute approximate surface area is 112 Å². The zero-order valence-electron chi connectivity index (χ0n) is 10.8. The first-order valence-electron chi connectivity index (χ1n) is 5.81. The molecule has 0 aromatic heterocycles. The van der Waals surface area contributed by atoms with Gasteiger partial charge in [0.1, 0.15) is 5.75 Å². The Morgan fingerprint density at radius 1 is 1.42 bits per heavy atom. The highest BCUT2D eigenvalue weighted by Crippen LogP contribution is 2.21. The maximum absolute atomic E-state index is 11.9. The molecule has 0 saturated carbocycles. The van der Waals surface area contributed by atoms with Crippen LogP contribution in [0.2, 0.25) is 0 Å². The van der Waals surface area contributed by atoms with Crippen LogP contribution in [0, 0.1) is 6.92 Å². The topological polar surface area (TPSA) is 92.7 Å². The summed E-state index contributed by atoms with van der Waals surface area (Å²) < 4.78 is 31.3. The number of aliphatic carboxylic acids is 1. The molecular formula is C12H17NO5S. The van der Waals surface area contributed by atoms with E-state index in [0.717, 1.165) is 0 Å². The van der Waals surface area contributed by atoms with Crippen LogP contribution in [0.5, 0.6) is 5.75 Å². The van der Waals surface area contributed by atoms with Crippen LogP contribution in [0.15, 0.2) is 23.1 Å². The predicted octanol–water partition coefficient (Wildman–Crippen LogP) is 1.15. The van der Waals surface area contributed by atoms with Gasteiger partial charge in [0.15, 0.2) is 0 Å². The number of rotatable bonds is 7. The summed E-state index contributed by atoms with van der Waals surface area (Å²) in [6, 6.07) is 4.51. The summed E-state index contributed by atoms with van der Waals surface area (Å²) in [5.41, 5.74) is 0.711. The zero-order chi connectivity index (χ0) is 14.5. The molecule has 0 fully saturated rings. The molecule has 19 heavy (non-hydrogen) atoms. The van der Waals surface area contributed by atoms with Gasteiger partial charge in [-0.05, 0) is 37.6 Å². The quantitative estimate of drug-likeness (QED) is 0.784. The number of hydrogen-bond donors (Lipinski definition) is 2. The molecule has 7 heteroatoms.